The number of hydrogen-bond acceptors (Lipinski definition) is 8. The molecule has 2 radical (unpaired) electrons. The molecule has 0 fully saturated rings. The van der Waals surface area contributed by atoms with Gasteiger partial charge in [-0.3, -0.25) is 9.78 Å². The summed E-state index contributed by atoms with van der Waals surface area (Å²) in [5, 5.41) is 16.0. The van der Waals surface area contributed by atoms with Gasteiger partial charge in [0.25, 0.3) is 5.65 Å². The van der Waals surface area contributed by atoms with Crippen LogP contribution in [0.4, 0.5) is 17.1 Å². The van der Waals surface area contributed by atoms with Crippen molar-refractivity contribution in [3.8, 4) is 45.0 Å². The average Bonchev–Trinajstić information content (AvgIpc) is 1.17. The van der Waals surface area contributed by atoms with Crippen molar-refractivity contribution in [3.63, 3.8) is 0 Å². The minimum Gasteiger partial charge on any atom is -0.512 e. The van der Waals surface area contributed by atoms with E-state index in [0.29, 0.717) is 10.9 Å². The molecule has 24 rings (SSSR count). The number of carbonyl (C=O) groups excluding carboxylic acids is 1. The molecular formula is C114H87Ir2N8O2Pt-. The Morgan fingerprint density at radius 3 is 1.82 bits per heavy atom. The molecule has 13 heteroatoms. The van der Waals surface area contributed by atoms with Crippen molar-refractivity contribution in [2.45, 2.75) is 85.0 Å². The van der Waals surface area contributed by atoms with Gasteiger partial charge < -0.3 is 29.9 Å². The minimum atomic E-state index is -2.91. The van der Waals surface area contributed by atoms with Crippen LogP contribution in [0.1, 0.15) is 130 Å². The largest absolute Gasteiger partial charge is 2.00 e. The number of aromatic nitrogens is 7. The van der Waals surface area contributed by atoms with Gasteiger partial charge in [0, 0.05) is 113 Å². The number of benzene rings is 14. The minimum absolute atomic E-state index is 0. The number of imidazole rings is 1. The number of ketones is 1. The van der Waals surface area contributed by atoms with E-state index in [1.54, 1.807) is 0 Å². The van der Waals surface area contributed by atoms with E-state index in [1.165, 1.54) is 109 Å². The van der Waals surface area contributed by atoms with Gasteiger partial charge >= 0.3 is 21.1 Å². The number of carbonyl (C=O) groups is 1. The van der Waals surface area contributed by atoms with Crippen LogP contribution in [0.3, 0.4) is 0 Å². The molecule has 0 amide bonds. The van der Waals surface area contributed by atoms with Crippen LogP contribution in [0.25, 0.3) is 116 Å². The summed E-state index contributed by atoms with van der Waals surface area (Å²) in [4.78, 5) is 35.8. The first-order chi connectivity index (χ1) is 65.9. The number of rotatable bonds is 7. The maximum atomic E-state index is 10.0. The molecular weight excluding hydrogens is 2090 g/mol. The molecule has 1 atom stereocenters. The number of aryl methyl sites for hydroxylation is 1. The van der Waals surface area contributed by atoms with E-state index >= 15 is 0 Å². The van der Waals surface area contributed by atoms with Crippen LogP contribution < -0.4 is 9.30 Å². The summed E-state index contributed by atoms with van der Waals surface area (Å²) in [6, 6.07) is 101. The quantitative estimate of drug-likeness (QED) is 0.0552. The number of fused-ring (bicyclic) bond motifs is 15. The average molecular weight is 2190 g/mol. The number of aliphatic hydroxyl groups is 1. The smallest absolute Gasteiger partial charge is 0.512 e. The summed E-state index contributed by atoms with van der Waals surface area (Å²) in [5.41, 5.74) is 21.8. The maximum absolute atomic E-state index is 10.0. The molecule has 14 aromatic carbocycles. The molecule has 1 aliphatic carbocycles. The number of allylic oxidation sites excluding steroid dienone is 2. The fourth-order valence-corrected chi connectivity index (χ4v) is 18.9. The van der Waals surface area contributed by atoms with Crippen molar-refractivity contribution >= 4 is 93.5 Å². The molecule has 0 bridgehead atoms. The van der Waals surface area contributed by atoms with E-state index in [0.717, 1.165) is 83.9 Å². The predicted octanol–water partition coefficient (Wildman–Crippen LogP) is 26.1. The third-order valence-corrected chi connectivity index (χ3v) is 24.3. The molecule has 20 aromatic rings. The SMILES string of the molecule is CC(=O)C=C(C)O.CC1(C)c2ccc[c-]c2-c2nccc3cccc1c23.CC1(c2ccccc2)c2ccc(-c3ccccn3)[c-]c2N2c3[c-]c(-c4ccccn4)ccc3C(c3ccccc3)(c3ccccc3)c3cccc1c32.Cc1cnc2c3[c-]cccc3c3ccccc3c2n1.[2H]c1c([2H])c(C)c(-c2c([2H])n3c4c5c(c([2H])c([2H])c([2H])c5c5c([2H])c(C)c([2H])c([2H])c5[n+]24)C3)c(C([2H])([2H])[2H])c1[2H].[Ir].[Ir].[Pt+2]. The second-order valence-electron chi connectivity index (χ2n) is 32.2. The van der Waals surface area contributed by atoms with Crippen LogP contribution in [0, 0.1) is 51.9 Å². The third-order valence-electron chi connectivity index (χ3n) is 24.3. The number of pyridine rings is 4. The summed E-state index contributed by atoms with van der Waals surface area (Å²) in [6.45, 7) is 11.7. The molecule has 624 valence electrons. The zero-order valence-corrected chi connectivity index (χ0v) is 77.3. The van der Waals surface area contributed by atoms with E-state index < -0.39 is 35.3 Å². The summed E-state index contributed by atoms with van der Waals surface area (Å²) in [5.74, 6) is -0.0625. The Kier molecular flexibility index (Phi) is 19.6. The Morgan fingerprint density at radius 1 is 0.535 bits per heavy atom. The fraction of sp³-hybridized carbons (Fsp3) is 0.114. The molecule has 6 aromatic heterocycles. The maximum Gasteiger partial charge on any atom is 2.00 e. The number of hydrogen-bond donors (Lipinski definition) is 1. The Labute approximate surface area is 799 Å². The van der Waals surface area contributed by atoms with E-state index in [9.17, 15) is 6.17 Å². The van der Waals surface area contributed by atoms with E-state index in [2.05, 4.69) is 271 Å². The molecule has 10 nitrogen and oxygen atoms in total. The molecule has 1 unspecified atom stereocenters. The van der Waals surface area contributed by atoms with Gasteiger partial charge in [-0.15, -0.1) is 113 Å². The van der Waals surface area contributed by atoms with Crippen molar-refractivity contribution in [1.82, 2.24) is 29.5 Å². The molecule has 4 aliphatic rings. The monoisotopic (exact) mass is 2190 g/mol. The van der Waals surface area contributed by atoms with E-state index in [-0.39, 0.29) is 178 Å². The number of aliphatic hydroxyl groups excluding tert-OH is 1. The fourth-order valence-electron chi connectivity index (χ4n) is 18.9. The Bertz CT molecular complexity index is 8390. The Morgan fingerprint density at radius 2 is 1.14 bits per heavy atom. The second kappa shape index (κ2) is 35.0. The van der Waals surface area contributed by atoms with Crippen LogP contribution in [-0.4, -0.2) is 40.4 Å². The molecule has 9 heterocycles. The van der Waals surface area contributed by atoms with Gasteiger partial charge in [-0.25, -0.2) is 4.57 Å². The summed E-state index contributed by atoms with van der Waals surface area (Å²) in [6.07, 6.45) is 8.32. The van der Waals surface area contributed by atoms with Crippen LogP contribution in [0.5, 0.6) is 0 Å². The summed E-state index contributed by atoms with van der Waals surface area (Å²) in [7, 11) is 0. The first-order valence-corrected chi connectivity index (χ1v) is 41.2. The molecule has 3 aliphatic heterocycles. The van der Waals surface area contributed by atoms with Gasteiger partial charge in [-0.2, -0.15) is 4.40 Å². The summed E-state index contributed by atoms with van der Waals surface area (Å²) >= 11 is 0. The van der Waals surface area contributed by atoms with Gasteiger partial charge in [0.05, 0.1) is 40.4 Å². The molecule has 0 saturated carbocycles. The molecule has 1 N–H and O–H groups in total. The van der Waals surface area contributed by atoms with E-state index in [1.807, 2.05) is 80.2 Å². The molecule has 127 heavy (non-hydrogen) atoms. The standard InChI is InChI=1S/C49H33N3.C25H21N2.C18H14N.C17H11N2.C5H8O2.2Ir.Pt/c1-48(36-16-5-2-6-17-36)39-28-26-34(43-24-11-13-30-50-43)32-45(39)52-46-33-35(44-25-12-14-31-51-44)27-29-40(46)49(37-18-7-3-8-19-37,38-20-9-4-10-21-38)42-23-15-22-41(48)47(42)52;1-15-10-11-21-20(12-15)19-9-5-8-18-13-26-14-22(27(21)25(26)24(18)19)23-16(2)6-4-7-17(23)3;1-18(2)14-8-4-3-7-13(14)17-16-12(10-11-19-17)6-5-9-15(16)18;1-11-10-18-16-14-8-4-2-6-12(14)13-7-3-5-9-15(13)17(16)19-11;1-4(6)3-5(2)7;;;/h2-31H,1H3;4-12,14H,13H2,1-3H3;3-6,8-11H,1-2H3;2-7,9-10H,1H3;3,6H,1-2H3;;;/q-2;+1;2*-1;;;;+2/i;2D3,4D,5D,6D,7D,8D,9D,10D,11D,12D,14D;;;;;;. The first-order valence-electron chi connectivity index (χ1n) is 47.7. The number of anilines is 3. The van der Waals surface area contributed by atoms with Gasteiger partial charge in [0.2, 0.25) is 0 Å². The third kappa shape index (κ3) is 14.6. The second-order valence-corrected chi connectivity index (χ2v) is 32.2. The van der Waals surface area contributed by atoms with Crippen LogP contribution in [-0.2, 0) is 88.9 Å². The molecule has 0 spiro atoms. The number of nitrogens with zero attached hydrogens (tertiary/aromatic N) is 8. The molecule has 0 saturated heterocycles. The van der Waals surface area contributed by atoms with Gasteiger partial charge in [-0.05, 0) is 166 Å². The zero-order chi connectivity index (χ0) is 95.9. The van der Waals surface area contributed by atoms with Crippen LogP contribution in [0.2, 0.25) is 0 Å². The Hall–Kier alpha value is -13.1. The van der Waals surface area contributed by atoms with Gasteiger partial charge in [0.1, 0.15) is 19.6 Å². The van der Waals surface area contributed by atoms with Crippen LogP contribution in [0.15, 0.2) is 352 Å². The number of para-hydroxylation sites is 1. The Balaban J connectivity index is 0.000000135. The normalized spacial score (nSPS) is 15.6. The first kappa shape index (κ1) is 71.1. The van der Waals surface area contributed by atoms with Crippen molar-refractivity contribution in [2.75, 3.05) is 4.90 Å². The van der Waals surface area contributed by atoms with Gasteiger partial charge in [0.15, 0.2) is 11.5 Å². The van der Waals surface area contributed by atoms with Gasteiger partial charge in [-0.1, -0.05) is 266 Å². The topological polar surface area (TPSA) is 114 Å². The predicted molar refractivity (Wildman–Crippen MR) is 504 cm³/mol. The zero-order valence-electron chi connectivity index (χ0n) is 83.3. The van der Waals surface area contributed by atoms with Crippen molar-refractivity contribution in [2.24, 2.45) is 0 Å². The van der Waals surface area contributed by atoms with Crippen molar-refractivity contribution < 1.29 is 93.4 Å². The van der Waals surface area contributed by atoms with Crippen molar-refractivity contribution in [1.29, 1.82) is 0 Å². The van der Waals surface area contributed by atoms with Crippen molar-refractivity contribution in [3.05, 3.63) is 454 Å². The summed E-state index contributed by atoms with van der Waals surface area (Å²) < 4.78 is 114. The van der Waals surface area contributed by atoms with E-state index in [4.69, 9.17) is 31.5 Å². The van der Waals surface area contributed by atoms with Crippen LogP contribution >= 0.6 is 0 Å².